The van der Waals surface area contributed by atoms with E-state index in [9.17, 15) is 0 Å². The van der Waals surface area contributed by atoms with E-state index >= 15 is 0 Å². The molecule has 0 aliphatic carbocycles. The van der Waals surface area contributed by atoms with Gasteiger partial charge in [-0.1, -0.05) is 35.9 Å². The van der Waals surface area contributed by atoms with Gasteiger partial charge in [-0.05, 0) is 23.8 Å². The second-order valence-corrected chi connectivity index (χ2v) is 3.90. The smallest absolute Gasteiger partial charge is 0.207 e. The van der Waals surface area contributed by atoms with Crippen LogP contribution in [-0.4, -0.2) is 4.57 Å². The number of benzene rings is 1. The Morgan fingerprint density at radius 3 is 2.71 bits per heavy atom. The van der Waals surface area contributed by atoms with Crippen LogP contribution in [0.15, 0.2) is 53.7 Å². The SMILES string of the molecule is N#CN=c1ccccn1Cc1ccccc1Cl. The van der Waals surface area contributed by atoms with Crippen molar-refractivity contribution in [2.24, 2.45) is 4.99 Å². The van der Waals surface area contributed by atoms with Gasteiger partial charge in [-0.25, -0.2) is 0 Å². The third-order valence-corrected chi connectivity index (χ3v) is 2.75. The average molecular weight is 244 g/mol. The molecule has 0 saturated carbocycles. The molecule has 0 unspecified atom stereocenters. The average Bonchev–Trinajstić information content (AvgIpc) is 2.35. The second-order valence-electron chi connectivity index (χ2n) is 3.49. The molecular weight excluding hydrogens is 234 g/mol. The number of aromatic nitrogens is 1. The minimum absolute atomic E-state index is 0.598. The van der Waals surface area contributed by atoms with E-state index < -0.39 is 0 Å². The van der Waals surface area contributed by atoms with E-state index in [1.54, 1.807) is 12.3 Å². The van der Waals surface area contributed by atoms with E-state index in [-0.39, 0.29) is 0 Å². The van der Waals surface area contributed by atoms with Crippen LogP contribution in [0.5, 0.6) is 0 Å². The molecule has 2 rings (SSSR count). The summed E-state index contributed by atoms with van der Waals surface area (Å²) in [5, 5.41) is 9.32. The summed E-state index contributed by atoms with van der Waals surface area (Å²) in [4.78, 5) is 3.76. The lowest BCUT2D eigenvalue weighted by Gasteiger charge is -2.08. The Kier molecular flexibility index (Phi) is 3.59. The standard InChI is InChI=1S/C13H10ClN3/c14-12-6-2-1-5-11(12)9-17-8-4-3-7-13(17)16-10-15/h1-8H,9H2. The summed E-state index contributed by atoms with van der Waals surface area (Å²) in [6.07, 6.45) is 3.67. The third-order valence-electron chi connectivity index (χ3n) is 2.38. The number of hydrogen-bond acceptors (Lipinski definition) is 2. The minimum atomic E-state index is 0.598. The quantitative estimate of drug-likeness (QED) is 0.748. The fourth-order valence-electron chi connectivity index (χ4n) is 1.56. The van der Waals surface area contributed by atoms with Crippen molar-refractivity contribution in [1.29, 1.82) is 5.26 Å². The van der Waals surface area contributed by atoms with Crippen molar-refractivity contribution in [2.75, 3.05) is 0 Å². The molecule has 0 saturated heterocycles. The molecule has 17 heavy (non-hydrogen) atoms. The summed E-state index contributed by atoms with van der Waals surface area (Å²) in [6.45, 7) is 0.598. The van der Waals surface area contributed by atoms with Gasteiger partial charge in [-0.15, -0.1) is 0 Å². The van der Waals surface area contributed by atoms with Crippen molar-refractivity contribution in [3.63, 3.8) is 0 Å². The van der Waals surface area contributed by atoms with Crippen molar-refractivity contribution >= 4 is 11.6 Å². The molecule has 1 aromatic carbocycles. The Balaban J connectivity index is 2.41. The first-order valence-electron chi connectivity index (χ1n) is 5.13. The zero-order valence-corrected chi connectivity index (χ0v) is 9.80. The lowest BCUT2D eigenvalue weighted by atomic mass is 10.2. The van der Waals surface area contributed by atoms with Crippen LogP contribution < -0.4 is 5.49 Å². The van der Waals surface area contributed by atoms with Crippen molar-refractivity contribution in [3.05, 3.63) is 64.7 Å². The van der Waals surface area contributed by atoms with Crippen molar-refractivity contribution < 1.29 is 0 Å². The predicted octanol–water partition coefficient (Wildman–Crippen LogP) is 2.57. The van der Waals surface area contributed by atoms with Gasteiger partial charge < -0.3 is 4.57 Å². The normalized spacial score (nSPS) is 11.2. The monoisotopic (exact) mass is 243 g/mol. The molecule has 84 valence electrons. The molecule has 1 heterocycles. The van der Waals surface area contributed by atoms with Crippen LogP contribution in [0.1, 0.15) is 5.56 Å². The van der Waals surface area contributed by atoms with Crippen LogP contribution in [-0.2, 0) is 6.54 Å². The Morgan fingerprint density at radius 2 is 1.94 bits per heavy atom. The Hall–Kier alpha value is -2.05. The fraction of sp³-hybridized carbons (Fsp3) is 0.0769. The summed E-state index contributed by atoms with van der Waals surface area (Å²) >= 11 is 6.09. The van der Waals surface area contributed by atoms with Crippen LogP contribution >= 0.6 is 11.6 Å². The molecule has 0 bridgehead atoms. The maximum absolute atomic E-state index is 8.61. The van der Waals surface area contributed by atoms with Gasteiger partial charge in [0.25, 0.3) is 0 Å². The van der Waals surface area contributed by atoms with Crippen molar-refractivity contribution in [3.8, 4) is 6.19 Å². The topological polar surface area (TPSA) is 41.1 Å². The highest BCUT2D eigenvalue weighted by atomic mass is 35.5. The molecule has 0 N–H and O–H groups in total. The first-order valence-corrected chi connectivity index (χ1v) is 5.51. The van der Waals surface area contributed by atoms with Gasteiger partial charge in [0, 0.05) is 11.2 Å². The van der Waals surface area contributed by atoms with E-state index in [1.807, 2.05) is 47.2 Å². The number of halogens is 1. The maximum Gasteiger partial charge on any atom is 0.207 e. The number of nitrogens with zero attached hydrogens (tertiary/aromatic N) is 3. The zero-order valence-electron chi connectivity index (χ0n) is 9.05. The largest absolute Gasteiger partial charge is 0.328 e. The van der Waals surface area contributed by atoms with E-state index in [4.69, 9.17) is 16.9 Å². The zero-order chi connectivity index (χ0) is 12.1. The van der Waals surface area contributed by atoms with Crippen molar-refractivity contribution in [1.82, 2.24) is 4.57 Å². The van der Waals surface area contributed by atoms with Gasteiger partial charge in [0.05, 0.1) is 6.54 Å². The minimum Gasteiger partial charge on any atom is -0.328 e. The van der Waals surface area contributed by atoms with Gasteiger partial charge in [-0.2, -0.15) is 10.3 Å². The van der Waals surface area contributed by atoms with Gasteiger partial charge in [-0.3, -0.25) is 0 Å². The van der Waals surface area contributed by atoms with Crippen LogP contribution in [0.4, 0.5) is 0 Å². The van der Waals surface area contributed by atoms with Crippen LogP contribution in [0.25, 0.3) is 0 Å². The lowest BCUT2D eigenvalue weighted by molar-refractivity contribution is 0.744. The summed E-state index contributed by atoms with van der Waals surface area (Å²) in [5.74, 6) is 0. The summed E-state index contributed by atoms with van der Waals surface area (Å²) < 4.78 is 1.88. The molecule has 3 nitrogen and oxygen atoms in total. The fourth-order valence-corrected chi connectivity index (χ4v) is 1.76. The van der Waals surface area contributed by atoms with Gasteiger partial charge in [0.15, 0.2) is 0 Å². The number of hydrogen-bond donors (Lipinski definition) is 0. The molecule has 0 amide bonds. The van der Waals surface area contributed by atoms with E-state index in [2.05, 4.69) is 4.99 Å². The van der Waals surface area contributed by atoms with E-state index in [0.717, 1.165) is 5.56 Å². The molecule has 0 aliphatic rings. The molecule has 0 aliphatic heterocycles. The molecule has 0 spiro atoms. The van der Waals surface area contributed by atoms with E-state index in [1.165, 1.54) is 0 Å². The Labute approximate surface area is 104 Å². The molecule has 2 aromatic rings. The number of pyridine rings is 1. The van der Waals surface area contributed by atoms with Gasteiger partial charge in [0.2, 0.25) is 6.19 Å². The van der Waals surface area contributed by atoms with E-state index in [0.29, 0.717) is 17.1 Å². The molecule has 1 aromatic heterocycles. The van der Waals surface area contributed by atoms with Crippen LogP contribution in [0, 0.1) is 11.5 Å². The van der Waals surface area contributed by atoms with Gasteiger partial charge >= 0.3 is 0 Å². The molecule has 4 heteroatoms. The second kappa shape index (κ2) is 5.33. The number of rotatable bonds is 2. The highest BCUT2D eigenvalue weighted by Crippen LogP contribution is 2.15. The van der Waals surface area contributed by atoms with Crippen LogP contribution in [0.2, 0.25) is 5.02 Å². The first kappa shape index (κ1) is 11.4. The molecular formula is C13H10ClN3. The van der Waals surface area contributed by atoms with Gasteiger partial charge in [0.1, 0.15) is 5.49 Å². The number of nitriles is 1. The Morgan fingerprint density at radius 1 is 1.18 bits per heavy atom. The molecule has 0 atom stereocenters. The summed E-state index contributed by atoms with van der Waals surface area (Å²) in [5.41, 5.74) is 1.62. The molecule has 0 radical (unpaired) electrons. The lowest BCUT2D eigenvalue weighted by Crippen LogP contribution is -2.20. The highest BCUT2D eigenvalue weighted by Gasteiger charge is 2.00. The summed E-state index contributed by atoms with van der Waals surface area (Å²) in [6, 6.07) is 13.2. The first-order chi connectivity index (χ1) is 8.31. The third kappa shape index (κ3) is 2.74. The molecule has 0 fully saturated rings. The van der Waals surface area contributed by atoms with Crippen molar-refractivity contribution in [2.45, 2.75) is 6.54 Å². The predicted molar refractivity (Wildman–Crippen MR) is 66.2 cm³/mol. The Bertz CT molecular complexity index is 623. The summed E-state index contributed by atoms with van der Waals surface area (Å²) in [7, 11) is 0. The highest BCUT2D eigenvalue weighted by molar-refractivity contribution is 6.31. The van der Waals surface area contributed by atoms with Crippen LogP contribution in [0.3, 0.4) is 0 Å². The maximum atomic E-state index is 8.61.